The summed E-state index contributed by atoms with van der Waals surface area (Å²) in [6.07, 6.45) is 1.73. The second-order valence-electron chi connectivity index (χ2n) is 6.52. The Morgan fingerprint density at radius 3 is 2.38 bits per heavy atom. The molecule has 0 bridgehead atoms. The van der Waals surface area contributed by atoms with E-state index in [9.17, 15) is 14.9 Å². The highest BCUT2D eigenvalue weighted by atomic mass is 35.5. The van der Waals surface area contributed by atoms with Crippen LogP contribution in [0, 0.1) is 10.1 Å². The van der Waals surface area contributed by atoms with Crippen molar-refractivity contribution in [2.45, 2.75) is 39.7 Å². The maximum Gasteiger partial charge on any atom is 0.283 e. The van der Waals surface area contributed by atoms with Crippen LogP contribution in [-0.2, 0) is 0 Å². The summed E-state index contributed by atoms with van der Waals surface area (Å²) >= 11 is 5.82. The molecule has 29 heavy (non-hydrogen) atoms. The van der Waals surface area contributed by atoms with Crippen LogP contribution in [0.4, 0.5) is 5.69 Å². The zero-order chi connectivity index (χ0) is 21.4. The van der Waals surface area contributed by atoms with Crippen molar-refractivity contribution in [1.29, 1.82) is 0 Å². The number of halogens is 1. The van der Waals surface area contributed by atoms with Gasteiger partial charge in [0, 0.05) is 11.1 Å². The van der Waals surface area contributed by atoms with Gasteiger partial charge in [0.2, 0.25) is 0 Å². The fourth-order valence-electron chi connectivity index (χ4n) is 2.66. The molecule has 1 N–H and O–H groups in total. The molecule has 0 aliphatic rings. The van der Waals surface area contributed by atoms with E-state index in [2.05, 4.69) is 5.32 Å². The molecule has 1 unspecified atom stereocenters. The fourth-order valence-corrected chi connectivity index (χ4v) is 2.82. The highest BCUT2D eigenvalue weighted by Crippen LogP contribution is 2.31. The average molecular weight is 421 g/mol. The highest BCUT2D eigenvalue weighted by molar-refractivity contribution is 6.31. The van der Waals surface area contributed by atoms with E-state index in [4.69, 9.17) is 21.1 Å². The summed E-state index contributed by atoms with van der Waals surface area (Å²) in [6.45, 7) is 6.95. The number of hydrogen-bond acceptors (Lipinski definition) is 5. The number of nitrogens with zero attached hydrogens (tertiary/aromatic N) is 1. The molecule has 0 aliphatic heterocycles. The van der Waals surface area contributed by atoms with Gasteiger partial charge in [-0.25, -0.2) is 0 Å². The molecule has 8 heteroatoms. The summed E-state index contributed by atoms with van der Waals surface area (Å²) in [6, 6.07) is 9.03. The minimum Gasteiger partial charge on any atom is -0.490 e. The standard InChI is InChI=1S/C21H25ClN2O5/c1-4-10-28-19-9-6-15(12-20(19)29-11-5-2)14(3)23-21(25)17-8-7-16(22)13-18(17)24(26)27/h6-9,12-14H,4-5,10-11H2,1-3H3,(H,23,25). The van der Waals surface area contributed by atoms with Crippen LogP contribution >= 0.6 is 11.6 Å². The molecule has 0 fully saturated rings. The van der Waals surface area contributed by atoms with Crippen LogP contribution in [-0.4, -0.2) is 24.0 Å². The molecule has 0 saturated carbocycles. The monoisotopic (exact) mass is 420 g/mol. The summed E-state index contributed by atoms with van der Waals surface area (Å²) in [5.74, 6) is 0.704. The molecular formula is C21H25ClN2O5. The van der Waals surface area contributed by atoms with E-state index in [1.54, 1.807) is 6.92 Å². The van der Waals surface area contributed by atoms with Crippen molar-refractivity contribution in [3.8, 4) is 11.5 Å². The molecule has 7 nitrogen and oxygen atoms in total. The maximum absolute atomic E-state index is 12.6. The lowest BCUT2D eigenvalue weighted by molar-refractivity contribution is -0.385. The molecule has 0 saturated heterocycles. The van der Waals surface area contributed by atoms with Crippen molar-refractivity contribution >= 4 is 23.2 Å². The smallest absolute Gasteiger partial charge is 0.283 e. The first kappa shape index (κ1) is 22.5. The third-order valence-corrected chi connectivity index (χ3v) is 4.37. The molecule has 0 aliphatic carbocycles. The van der Waals surface area contributed by atoms with Crippen molar-refractivity contribution in [3.05, 3.63) is 62.7 Å². The minimum absolute atomic E-state index is 0.0448. The van der Waals surface area contributed by atoms with Gasteiger partial charge in [-0.05, 0) is 49.6 Å². The number of rotatable bonds is 10. The summed E-state index contributed by atoms with van der Waals surface area (Å²) in [5, 5.41) is 14.2. The molecule has 0 radical (unpaired) electrons. The predicted octanol–water partition coefficient (Wildman–Crippen LogP) is 5.32. The summed E-state index contributed by atoms with van der Waals surface area (Å²) in [5.41, 5.74) is 0.416. The number of nitro groups is 1. The van der Waals surface area contributed by atoms with Gasteiger partial charge in [0.15, 0.2) is 11.5 Å². The summed E-state index contributed by atoms with van der Waals surface area (Å²) < 4.78 is 11.5. The Hall–Kier alpha value is -2.80. The molecule has 0 aromatic heterocycles. The number of nitrogens with one attached hydrogen (secondary N) is 1. The zero-order valence-corrected chi connectivity index (χ0v) is 17.5. The maximum atomic E-state index is 12.6. The first-order chi connectivity index (χ1) is 13.9. The van der Waals surface area contributed by atoms with Gasteiger partial charge in [-0.2, -0.15) is 0 Å². The normalized spacial score (nSPS) is 11.6. The molecule has 156 valence electrons. The number of carbonyl (C=O) groups is 1. The predicted molar refractivity (Wildman–Crippen MR) is 112 cm³/mol. The van der Waals surface area contributed by atoms with Crippen LogP contribution in [0.15, 0.2) is 36.4 Å². The Balaban J connectivity index is 2.22. The molecule has 2 rings (SSSR count). The third kappa shape index (κ3) is 6.09. The number of nitro benzene ring substituents is 1. The Labute approximate surface area is 175 Å². The Bertz CT molecular complexity index is 872. The van der Waals surface area contributed by atoms with E-state index >= 15 is 0 Å². The van der Waals surface area contributed by atoms with E-state index < -0.39 is 16.9 Å². The second-order valence-corrected chi connectivity index (χ2v) is 6.95. The highest BCUT2D eigenvalue weighted by Gasteiger charge is 2.22. The largest absolute Gasteiger partial charge is 0.490 e. The van der Waals surface area contributed by atoms with Gasteiger partial charge < -0.3 is 14.8 Å². The van der Waals surface area contributed by atoms with E-state index in [1.807, 2.05) is 32.0 Å². The Kier molecular flexibility index (Phi) is 8.27. The Morgan fingerprint density at radius 2 is 1.76 bits per heavy atom. The van der Waals surface area contributed by atoms with Gasteiger partial charge in [0.05, 0.1) is 24.2 Å². The van der Waals surface area contributed by atoms with E-state index in [0.717, 1.165) is 24.5 Å². The third-order valence-electron chi connectivity index (χ3n) is 4.14. The van der Waals surface area contributed by atoms with Crippen LogP contribution in [0.2, 0.25) is 5.02 Å². The van der Waals surface area contributed by atoms with Crippen LogP contribution in [0.1, 0.15) is 55.6 Å². The average Bonchev–Trinajstić information content (AvgIpc) is 2.70. The lowest BCUT2D eigenvalue weighted by atomic mass is 10.1. The van der Waals surface area contributed by atoms with E-state index in [0.29, 0.717) is 24.7 Å². The Morgan fingerprint density at radius 1 is 1.10 bits per heavy atom. The van der Waals surface area contributed by atoms with Crippen LogP contribution in [0.5, 0.6) is 11.5 Å². The fraction of sp³-hybridized carbons (Fsp3) is 0.381. The van der Waals surface area contributed by atoms with Crippen LogP contribution in [0.25, 0.3) is 0 Å². The van der Waals surface area contributed by atoms with Crippen molar-refractivity contribution in [2.24, 2.45) is 0 Å². The van der Waals surface area contributed by atoms with Crippen LogP contribution < -0.4 is 14.8 Å². The SMILES string of the molecule is CCCOc1ccc(C(C)NC(=O)c2ccc(Cl)cc2[N+](=O)[O-])cc1OCCC. The first-order valence-electron chi connectivity index (χ1n) is 9.51. The second kappa shape index (κ2) is 10.7. The van der Waals surface area contributed by atoms with Gasteiger partial charge in [0.1, 0.15) is 5.56 Å². The minimum atomic E-state index is -0.623. The van der Waals surface area contributed by atoms with Crippen molar-refractivity contribution in [2.75, 3.05) is 13.2 Å². The van der Waals surface area contributed by atoms with Crippen molar-refractivity contribution in [1.82, 2.24) is 5.32 Å². The van der Waals surface area contributed by atoms with Gasteiger partial charge in [0.25, 0.3) is 11.6 Å². The lowest BCUT2D eigenvalue weighted by Gasteiger charge is -2.18. The number of carbonyl (C=O) groups excluding carboxylic acids is 1. The number of amides is 1. The summed E-state index contributed by atoms with van der Waals surface area (Å²) in [4.78, 5) is 23.2. The van der Waals surface area contributed by atoms with Gasteiger partial charge in [-0.15, -0.1) is 0 Å². The summed E-state index contributed by atoms with van der Waals surface area (Å²) in [7, 11) is 0. The lowest BCUT2D eigenvalue weighted by Crippen LogP contribution is -2.27. The molecule has 1 amide bonds. The quantitative estimate of drug-likeness (QED) is 0.415. The molecule has 0 spiro atoms. The number of hydrogen-bond donors (Lipinski definition) is 1. The first-order valence-corrected chi connectivity index (χ1v) is 9.89. The topological polar surface area (TPSA) is 90.7 Å². The van der Waals surface area contributed by atoms with E-state index in [-0.39, 0.29) is 16.3 Å². The molecular weight excluding hydrogens is 396 g/mol. The van der Waals surface area contributed by atoms with E-state index in [1.165, 1.54) is 12.1 Å². The molecule has 2 aromatic carbocycles. The van der Waals surface area contributed by atoms with Gasteiger partial charge in [-0.1, -0.05) is 31.5 Å². The van der Waals surface area contributed by atoms with Crippen molar-refractivity contribution < 1.29 is 19.2 Å². The number of ether oxygens (including phenoxy) is 2. The molecule has 2 aromatic rings. The van der Waals surface area contributed by atoms with Crippen molar-refractivity contribution in [3.63, 3.8) is 0 Å². The number of benzene rings is 2. The zero-order valence-electron chi connectivity index (χ0n) is 16.7. The van der Waals surface area contributed by atoms with Gasteiger partial charge >= 0.3 is 0 Å². The van der Waals surface area contributed by atoms with Crippen LogP contribution in [0.3, 0.4) is 0 Å². The van der Waals surface area contributed by atoms with Gasteiger partial charge in [-0.3, -0.25) is 14.9 Å². The molecule has 0 heterocycles. The molecule has 1 atom stereocenters.